The molecule has 1 N–H and O–H groups in total. The first-order chi connectivity index (χ1) is 14.1. The molecule has 0 unspecified atom stereocenters. The Morgan fingerprint density at radius 2 is 1.93 bits per heavy atom. The molecule has 2 saturated carbocycles. The van der Waals surface area contributed by atoms with Crippen LogP contribution in [-0.2, 0) is 24.4 Å². The summed E-state index contributed by atoms with van der Waals surface area (Å²) in [4.78, 5) is 12.5. The number of aliphatic hydroxyl groups is 1. The normalized spacial score (nSPS) is 30.4. The van der Waals surface area contributed by atoms with Crippen LogP contribution in [0.4, 0.5) is 0 Å². The highest BCUT2D eigenvalue weighted by Crippen LogP contribution is 2.59. The second-order valence-electron chi connectivity index (χ2n) is 9.42. The molecule has 3 heteroatoms. The van der Waals surface area contributed by atoms with E-state index in [2.05, 4.69) is 31.2 Å². The predicted molar refractivity (Wildman–Crippen MR) is 113 cm³/mol. The Morgan fingerprint density at radius 3 is 2.72 bits per heavy atom. The van der Waals surface area contributed by atoms with Gasteiger partial charge >= 0.3 is 0 Å². The monoisotopic (exact) mass is 390 g/mol. The largest absolute Gasteiger partial charge is 0.489 e. The van der Waals surface area contributed by atoms with Gasteiger partial charge in [0.2, 0.25) is 0 Å². The van der Waals surface area contributed by atoms with E-state index in [1.54, 1.807) is 0 Å². The van der Waals surface area contributed by atoms with Gasteiger partial charge in [0.1, 0.15) is 18.1 Å². The zero-order chi connectivity index (χ0) is 20.0. The van der Waals surface area contributed by atoms with Crippen molar-refractivity contribution in [1.82, 2.24) is 0 Å². The first-order valence-electron chi connectivity index (χ1n) is 11.1. The maximum Gasteiger partial charge on any atom is 0.139 e. The van der Waals surface area contributed by atoms with E-state index in [4.69, 9.17) is 4.74 Å². The summed E-state index contributed by atoms with van der Waals surface area (Å²) in [5.74, 6) is 2.97. The third kappa shape index (κ3) is 3.11. The second-order valence-corrected chi connectivity index (χ2v) is 9.42. The van der Waals surface area contributed by atoms with Crippen molar-refractivity contribution in [2.24, 2.45) is 17.3 Å². The molecule has 4 atom stereocenters. The Bertz CT molecular complexity index is 919. The molecule has 29 heavy (non-hydrogen) atoms. The number of carbonyl (C=O) groups excluding carboxylic acids is 1. The Morgan fingerprint density at radius 1 is 1.10 bits per heavy atom. The van der Waals surface area contributed by atoms with Gasteiger partial charge in [-0.25, -0.2) is 0 Å². The maximum atomic E-state index is 12.5. The minimum atomic E-state index is -0.0861. The average molecular weight is 391 g/mol. The summed E-state index contributed by atoms with van der Waals surface area (Å²) >= 11 is 0. The van der Waals surface area contributed by atoms with Crippen LogP contribution in [0.3, 0.4) is 0 Å². The fourth-order valence-corrected chi connectivity index (χ4v) is 6.41. The van der Waals surface area contributed by atoms with Gasteiger partial charge in [0.05, 0.1) is 6.61 Å². The number of aliphatic hydroxyl groups excluding tert-OH is 1. The molecular formula is C26H30O3. The second kappa shape index (κ2) is 7.28. The van der Waals surface area contributed by atoms with Crippen molar-refractivity contribution in [3.63, 3.8) is 0 Å². The molecular weight excluding hydrogens is 360 g/mol. The highest BCUT2D eigenvalue weighted by Gasteiger charge is 2.54. The van der Waals surface area contributed by atoms with Crippen molar-refractivity contribution < 1.29 is 14.6 Å². The van der Waals surface area contributed by atoms with Crippen molar-refractivity contribution in [3.05, 3.63) is 64.7 Å². The number of hydrogen-bond donors (Lipinski definition) is 1. The van der Waals surface area contributed by atoms with Crippen molar-refractivity contribution in [1.29, 1.82) is 0 Å². The van der Waals surface area contributed by atoms with Crippen LogP contribution in [0, 0.1) is 17.3 Å². The van der Waals surface area contributed by atoms with Crippen LogP contribution in [0.25, 0.3) is 0 Å². The number of rotatable bonds is 4. The zero-order valence-electron chi connectivity index (χ0n) is 17.2. The van der Waals surface area contributed by atoms with Crippen molar-refractivity contribution in [2.45, 2.75) is 64.6 Å². The van der Waals surface area contributed by atoms with Gasteiger partial charge in [0.25, 0.3) is 0 Å². The molecule has 3 nitrogen and oxygen atoms in total. The zero-order valence-corrected chi connectivity index (χ0v) is 17.2. The van der Waals surface area contributed by atoms with Gasteiger partial charge in [-0.05, 0) is 78.7 Å². The highest BCUT2D eigenvalue weighted by atomic mass is 16.5. The fraction of sp³-hybridized carbons (Fsp3) is 0.500. The summed E-state index contributed by atoms with van der Waals surface area (Å²) < 4.78 is 6.11. The topological polar surface area (TPSA) is 46.5 Å². The number of ether oxygens (including phenoxy) is 1. The summed E-state index contributed by atoms with van der Waals surface area (Å²) in [6.07, 6.45) is 6.15. The lowest BCUT2D eigenvalue weighted by Crippen LogP contribution is -2.42. The summed E-state index contributed by atoms with van der Waals surface area (Å²) in [5, 5.41) is 10.0. The van der Waals surface area contributed by atoms with Crippen LogP contribution >= 0.6 is 0 Å². The quantitative estimate of drug-likeness (QED) is 0.782. The Hall–Kier alpha value is -2.13. The van der Waals surface area contributed by atoms with E-state index in [0.717, 1.165) is 49.0 Å². The van der Waals surface area contributed by atoms with Crippen LogP contribution in [0.5, 0.6) is 5.75 Å². The van der Waals surface area contributed by atoms with Gasteiger partial charge in [-0.15, -0.1) is 0 Å². The van der Waals surface area contributed by atoms with E-state index in [1.165, 1.54) is 17.5 Å². The first kappa shape index (κ1) is 18.9. The number of hydrogen-bond acceptors (Lipinski definition) is 3. The summed E-state index contributed by atoms with van der Waals surface area (Å²) in [6, 6.07) is 14.5. The fourth-order valence-electron chi connectivity index (χ4n) is 6.41. The van der Waals surface area contributed by atoms with Gasteiger partial charge in [-0.2, -0.15) is 0 Å². The minimum Gasteiger partial charge on any atom is -0.489 e. The summed E-state index contributed by atoms with van der Waals surface area (Å²) in [5.41, 5.74) is 4.71. The smallest absolute Gasteiger partial charge is 0.139 e. The van der Waals surface area contributed by atoms with E-state index in [9.17, 15) is 9.90 Å². The minimum absolute atomic E-state index is 0.00554. The molecule has 0 bridgehead atoms. The highest BCUT2D eigenvalue weighted by molar-refractivity contribution is 5.87. The van der Waals surface area contributed by atoms with Crippen molar-refractivity contribution in [3.8, 4) is 5.75 Å². The average Bonchev–Trinajstić information content (AvgIpc) is 3.06. The standard InChI is InChI=1S/C26H30O3/c1-26-12-11-20-21(23(26)9-10-25(26)28)8-7-18-14-24(19(15-27)13-22(18)20)29-16-17-5-3-2-4-6-17/h2-6,13-14,20-21,23,27H,7-12,15-16H2,1H3/t20-,21+,23-,26-/m0/s1. The molecule has 0 saturated heterocycles. The van der Waals surface area contributed by atoms with Crippen molar-refractivity contribution in [2.75, 3.05) is 0 Å². The number of fused-ring (bicyclic) bond motifs is 5. The molecule has 2 aromatic rings. The lowest BCUT2D eigenvalue weighted by Gasteiger charge is -2.48. The molecule has 0 aromatic heterocycles. The molecule has 2 aromatic carbocycles. The third-order valence-corrected chi connectivity index (χ3v) is 8.02. The summed E-state index contributed by atoms with van der Waals surface area (Å²) in [7, 11) is 0. The van der Waals surface area contributed by atoms with Crippen LogP contribution < -0.4 is 4.74 Å². The number of ketones is 1. The van der Waals surface area contributed by atoms with Gasteiger partial charge in [0, 0.05) is 17.4 Å². The third-order valence-electron chi connectivity index (χ3n) is 8.02. The molecule has 0 aliphatic heterocycles. The maximum absolute atomic E-state index is 12.5. The molecule has 0 amide bonds. The molecule has 3 aliphatic carbocycles. The molecule has 2 fully saturated rings. The Balaban J connectivity index is 1.42. The van der Waals surface area contributed by atoms with E-state index in [1.807, 2.05) is 18.2 Å². The molecule has 5 rings (SSSR count). The SMILES string of the molecule is C[C@]12CC[C@@H]3c4cc(CO)c(OCc5ccccc5)cc4CC[C@H]3[C@@H]1CCC2=O. The Labute approximate surface area is 173 Å². The van der Waals surface area contributed by atoms with Gasteiger partial charge in [0.15, 0.2) is 0 Å². The van der Waals surface area contributed by atoms with Crippen molar-refractivity contribution >= 4 is 5.78 Å². The molecule has 0 radical (unpaired) electrons. The van der Waals surface area contributed by atoms with Crippen LogP contribution in [0.15, 0.2) is 42.5 Å². The van der Waals surface area contributed by atoms with Crippen LogP contribution in [0.2, 0.25) is 0 Å². The van der Waals surface area contributed by atoms with E-state index in [0.29, 0.717) is 30.1 Å². The lowest BCUT2D eigenvalue weighted by molar-refractivity contribution is -0.129. The molecule has 0 spiro atoms. The van der Waals surface area contributed by atoms with E-state index in [-0.39, 0.29) is 12.0 Å². The number of benzene rings is 2. The Kier molecular flexibility index (Phi) is 4.74. The summed E-state index contributed by atoms with van der Waals surface area (Å²) in [6.45, 7) is 2.73. The predicted octanol–water partition coefficient (Wildman–Crippen LogP) is 5.18. The van der Waals surface area contributed by atoms with Gasteiger partial charge < -0.3 is 9.84 Å². The van der Waals surface area contributed by atoms with Crippen LogP contribution in [0.1, 0.15) is 67.2 Å². The number of carbonyl (C=O) groups is 1. The lowest BCUT2D eigenvalue weighted by atomic mass is 9.55. The number of aryl methyl sites for hydroxylation is 1. The van der Waals surface area contributed by atoms with Crippen LogP contribution in [-0.4, -0.2) is 10.9 Å². The van der Waals surface area contributed by atoms with E-state index >= 15 is 0 Å². The van der Waals surface area contributed by atoms with E-state index < -0.39 is 0 Å². The first-order valence-corrected chi connectivity index (χ1v) is 11.1. The number of Topliss-reactive ketones (excluding diaryl/α,β-unsaturated/α-hetero) is 1. The van der Waals surface area contributed by atoms with Gasteiger partial charge in [-0.3, -0.25) is 4.79 Å². The molecule has 3 aliphatic rings. The molecule has 0 heterocycles. The molecule has 152 valence electrons. The van der Waals surface area contributed by atoms with Gasteiger partial charge in [-0.1, -0.05) is 37.3 Å².